The van der Waals surface area contributed by atoms with Gasteiger partial charge in [0.15, 0.2) is 0 Å². The summed E-state index contributed by atoms with van der Waals surface area (Å²) in [7, 11) is -4.36. The molecule has 0 aliphatic carbocycles. The molecule has 32 heavy (non-hydrogen) atoms. The second-order valence-corrected chi connectivity index (χ2v) is 8.75. The van der Waals surface area contributed by atoms with E-state index in [0.717, 1.165) is 28.6 Å². The molecule has 0 spiro atoms. The number of hydrogen-bond acceptors (Lipinski definition) is 6. The fourth-order valence-corrected chi connectivity index (χ4v) is 4.78. The van der Waals surface area contributed by atoms with Crippen LogP contribution in [0.3, 0.4) is 0 Å². The van der Waals surface area contributed by atoms with Gasteiger partial charge >= 0.3 is 12.3 Å². The maximum atomic E-state index is 13.0. The molecular weight excluding hydrogens is 455 g/mol. The van der Waals surface area contributed by atoms with Crippen molar-refractivity contribution in [3.8, 4) is 5.75 Å². The minimum Gasteiger partial charge on any atom is -0.480 e. The Morgan fingerprint density at radius 1 is 1.09 bits per heavy atom. The summed E-state index contributed by atoms with van der Waals surface area (Å²) in [5.41, 5.74) is 0.674. The zero-order valence-electron chi connectivity index (χ0n) is 16.4. The van der Waals surface area contributed by atoms with Crippen LogP contribution >= 0.6 is 0 Å². The van der Waals surface area contributed by atoms with Crippen LogP contribution in [0.15, 0.2) is 53.7 Å². The van der Waals surface area contributed by atoms with E-state index in [9.17, 15) is 36.3 Å². The summed E-state index contributed by atoms with van der Waals surface area (Å²) in [6.45, 7) is -0.696. The Hall–Kier alpha value is -3.19. The monoisotopic (exact) mass is 473 g/mol. The normalized spacial score (nSPS) is 17.7. The molecule has 1 N–H and O–H groups in total. The van der Waals surface area contributed by atoms with Crippen molar-refractivity contribution in [3.05, 3.63) is 54.4 Å². The molecule has 0 radical (unpaired) electrons. The molecule has 9 nitrogen and oxygen atoms in total. The van der Waals surface area contributed by atoms with Crippen LogP contribution in [0.2, 0.25) is 0 Å². The summed E-state index contributed by atoms with van der Waals surface area (Å²) in [6.07, 6.45) is -1.91. The number of carboxylic acid groups (broad SMARTS) is 1. The van der Waals surface area contributed by atoms with Crippen LogP contribution in [0, 0.1) is 0 Å². The van der Waals surface area contributed by atoms with Crippen molar-refractivity contribution in [1.29, 1.82) is 0 Å². The molecule has 1 aromatic heterocycles. The third-order valence-electron chi connectivity index (χ3n) is 4.74. The summed E-state index contributed by atoms with van der Waals surface area (Å²) in [5, 5.41) is 9.58. The Bertz CT molecular complexity index is 1080. The number of hydrogen-bond donors (Lipinski definition) is 1. The van der Waals surface area contributed by atoms with E-state index in [1.165, 1.54) is 17.3 Å². The number of carbonyl (C=O) groups is 2. The second kappa shape index (κ2) is 9.12. The van der Waals surface area contributed by atoms with Gasteiger partial charge in [0.2, 0.25) is 15.9 Å². The average Bonchev–Trinajstić information content (AvgIpc) is 2.73. The van der Waals surface area contributed by atoms with Gasteiger partial charge in [-0.15, -0.1) is 13.2 Å². The van der Waals surface area contributed by atoms with E-state index in [1.807, 2.05) is 0 Å². The number of carbonyl (C=O) groups excluding carboxylic acids is 1. The molecule has 1 aliphatic rings. The van der Waals surface area contributed by atoms with Gasteiger partial charge in [0, 0.05) is 32.0 Å². The molecule has 2 heterocycles. The van der Waals surface area contributed by atoms with Gasteiger partial charge in [0.05, 0.1) is 11.3 Å². The van der Waals surface area contributed by atoms with Gasteiger partial charge in [-0.3, -0.25) is 14.6 Å². The highest BCUT2D eigenvalue weighted by Crippen LogP contribution is 2.27. The van der Waals surface area contributed by atoms with Crippen molar-refractivity contribution in [2.45, 2.75) is 23.7 Å². The summed E-state index contributed by atoms with van der Waals surface area (Å²) in [4.78, 5) is 29.1. The molecule has 1 saturated heterocycles. The van der Waals surface area contributed by atoms with Crippen molar-refractivity contribution < 1.29 is 41.0 Å². The third kappa shape index (κ3) is 5.53. The quantitative estimate of drug-likeness (QED) is 0.676. The minimum atomic E-state index is -4.94. The number of alkyl halides is 3. The fraction of sp³-hybridized carbons (Fsp3) is 0.316. The highest BCUT2D eigenvalue weighted by molar-refractivity contribution is 7.89. The number of ether oxygens (including phenoxy) is 1. The van der Waals surface area contributed by atoms with E-state index in [2.05, 4.69) is 9.72 Å². The minimum absolute atomic E-state index is 0.00226. The number of aromatic nitrogens is 1. The molecule has 2 aromatic rings. The van der Waals surface area contributed by atoms with Crippen LogP contribution in [-0.4, -0.2) is 71.6 Å². The molecule has 1 fully saturated rings. The van der Waals surface area contributed by atoms with Crippen LogP contribution < -0.4 is 4.74 Å². The summed E-state index contributed by atoms with van der Waals surface area (Å²) in [5.74, 6) is -2.43. The number of halogens is 3. The molecular formula is C19H18F3N3O6S. The van der Waals surface area contributed by atoms with Crippen molar-refractivity contribution in [2.75, 3.05) is 19.6 Å². The number of sulfonamides is 1. The first-order valence-electron chi connectivity index (χ1n) is 9.24. The van der Waals surface area contributed by atoms with Crippen molar-refractivity contribution in [3.63, 3.8) is 0 Å². The topological polar surface area (TPSA) is 117 Å². The Balaban J connectivity index is 1.76. The second-order valence-electron chi connectivity index (χ2n) is 6.86. The maximum Gasteiger partial charge on any atom is 0.573 e. The summed E-state index contributed by atoms with van der Waals surface area (Å²) >= 11 is 0. The molecule has 1 amide bonds. The first-order chi connectivity index (χ1) is 15.0. The lowest BCUT2D eigenvalue weighted by Gasteiger charge is -2.38. The fourth-order valence-electron chi connectivity index (χ4n) is 3.22. The zero-order chi connectivity index (χ0) is 23.5. The molecule has 1 atom stereocenters. The molecule has 0 saturated carbocycles. The SMILES string of the molecule is O=C(O)[C@H]1CN(C(=O)Cc2ccncc2)CCN1S(=O)(=O)c1ccc(OC(F)(F)F)cc1. The molecule has 1 aromatic carbocycles. The van der Waals surface area contributed by atoms with Crippen LogP contribution in [-0.2, 0) is 26.0 Å². The first kappa shape index (κ1) is 23.5. The third-order valence-corrected chi connectivity index (χ3v) is 6.66. The van der Waals surface area contributed by atoms with E-state index in [4.69, 9.17) is 0 Å². The predicted octanol–water partition coefficient (Wildman–Crippen LogP) is 1.51. The number of piperazine rings is 1. The van der Waals surface area contributed by atoms with Crippen LogP contribution in [0.1, 0.15) is 5.56 Å². The molecule has 0 unspecified atom stereocenters. The number of pyridine rings is 1. The lowest BCUT2D eigenvalue weighted by atomic mass is 10.1. The first-order valence-corrected chi connectivity index (χ1v) is 10.7. The van der Waals surface area contributed by atoms with Gasteiger partial charge in [-0.2, -0.15) is 4.31 Å². The van der Waals surface area contributed by atoms with Crippen molar-refractivity contribution >= 4 is 21.9 Å². The summed E-state index contributed by atoms with van der Waals surface area (Å²) < 4.78 is 67.2. The Morgan fingerprint density at radius 2 is 1.72 bits per heavy atom. The molecule has 3 rings (SSSR count). The van der Waals surface area contributed by atoms with Gasteiger partial charge < -0.3 is 14.7 Å². The van der Waals surface area contributed by atoms with Gasteiger partial charge in [-0.05, 0) is 42.0 Å². The van der Waals surface area contributed by atoms with Crippen molar-refractivity contribution in [2.24, 2.45) is 0 Å². The number of amides is 1. The molecule has 1 aliphatic heterocycles. The van der Waals surface area contributed by atoms with Gasteiger partial charge in [0.1, 0.15) is 11.8 Å². The van der Waals surface area contributed by atoms with E-state index < -0.39 is 39.0 Å². The number of aliphatic carboxylic acids is 1. The molecule has 172 valence electrons. The number of carboxylic acids is 1. The highest BCUT2D eigenvalue weighted by atomic mass is 32.2. The Kier molecular flexibility index (Phi) is 6.69. The number of nitrogens with zero attached hydrogens (tertiary/aromatic N) is 3. The number of rotatable bonds is 6. The van der Waals surface area contributed by atoms with E-state index in [1.54, 1.807) is 12.1 Å². The van der Waals surface area contributed by atoms with E-state index in [-0.39, 0.29) is 32.0 Å². The van der Waals surface area contributed by atoms with Gasteiger partial charge in [-0.25, -0.2) is 8.42 Å². The van der Waals surface area contributed by atoms with Crippen LogP contribution in [0.5, 0.6) is 5.75 Å². The predicted molar refractivity (Wildman–Crippen MR) is 103 cm³/mol. The number of benzene rings is 1. The van der Waals surface area contributed by atoms with E-state index in [0.29, 0.717) is 5.56 Å². The lowest BCUT2D eigenvalue weighted by molar-refractivity contribution is -0.274. The van der Waals surface area contributed by atoms with Crippen LogP contribution in [0.25, 0.3) is 0 Å². The van der Waals surface area contributed by atoms with E-state index >= 15 is 0 Å². The Labute approximate surface area is 181 Å². The van der Waals surface area contributed by atoms with Gasteiger partial charge in [0.25, 0.3) is 0 Å². The smallest absolute Gasteiger partial charge is 0.480 e. The highest BCUT2D eigenvalue weighted by Gasteiger charge is 2.41. The lowest BCUT2D eigenvalue weighted by Crippen LogP contribution is -2.59. The Morgan fingerprint density at radius 3 is 2.28 bits per heavy atom. The van der Waals surface area contributed by atoms with Crippen molar-refractivity contribution in [1.82, 2.24) is 14.2 Å². The largest absolute Gasteiger partial charge is 0.573 e. The maximum absolute atomic E-state index is 13.0. The van der Waals surface area contributed by atoms with Gasteiger partial charge in [-0.1, -0.05) is 0 Å². The molecule has 0 bridgehead atoms. The zero-order valence-corrected chi connectivity index (χ0v) is 17.2. The standard InChI is InChI=1S/C19H18F3N3O6S/c20-19(21,22)31-14-1-3-15(4-2-14)32(29,30)25-10-9-24(12-16(25)18(27)28)17(26)11-13-5-7-23-8-6-13/h1-8,16H,9-12H2,(H,27,28)/t16-/m1/s1. The van der Waals surface area contributed by atoms with Crippen LogP contribution in [0.4, 0.5) is 13.2 Å². The summed E-state index contributed by atoms with van der Waals surface area (Å²) in [6, 6.07) is 5.17. The molecule has 13 heteroatoms. The average molecular weight is 473 g/mol.